The smallest absolute Gasteiger partial charge is 0.475 e. The molecule has 1 amide bonds. The van der Waals surface area contributed by atoms with Gasteiger partial charge in [-0.25, -0.2) is 4.79 Å². The van der Waals surface area contributed by atoms with Crippen molar-refractivity contribution in [3.63, 3.8) is 0 Å². The Morgan fingerprint density at radius 1 is 1.17 bits per heavy atom. The Morgan fingerprint density at radius 2 is 1.87 bits per heavy atom. The summed E-state index contributed by atoms with van der Waals surface area (Å²) in [5.41, 5.74) is 1.20. The Kier molecular flexibility index (Phi) is 7.19. The lowest BCUT2D eigenvalue weighted by Crippen LogP contribution is -2.36. The van der Waals surface area contributed by atoms with Crippen molar-refractivity contribution in [1.82, 2.24) is 9.80 Å². The van der Waals surface area contributed by atoms with Gasteiger partial charge in [0.25, 0.3) is 0 Å². The first kappa shape index (κ1) is 22.4. The highest BCUT2D eigenvalue weighted by molar-refractivity contribution is 5.80. The SMILES string of the molecule is O=C(C1CC=CC1)N1C[C@@H]2CN(Cc3ccoc3)CCO[C@@H]2C1.O=C(O)C(F)(F)F. The van der Waals surface area contributed by atoms with Gasteiger partial charge in [0.05, 0.1) is 25.2 Å². The lowest BCUT2D eigenvalue weighted by Gasteiger charge is -2.24. The van der Waals surface area contributed by atoms with E-state index in [1.807, 2.05) is 11.0 Å². The second kappa shape index (κ2) is 9.65. The number of ether oxygens (including phenoxy) is 1. The zero-order chi connectivity index (χ0) is 21.7. The van der Waals surface area contributed by atoms with Gasteiger partial charge in [0, 0.05) is 50.1 Å². The number of carboxylic acids is 1. The number of allylic oxidation sites excluding steroid dienone is 2. The Morgan fingerprint density at radius 3 is 2.47 bits per heavy atom. The quantitative estimate of drug-likeness (QED) is 0.743. The average Bonchev–Trinajstić information content (AvgIpc) is 3.42. The lowest BCUT2D eigenvalue weighted by molar-refractivity contribution is -0.192. The van der Waals surface area contributed by atoms with Gasteiger partial charge >= 0.3 is 12.1 Å². The second-order valence-electron chi connectivity index (χ2n) is 7.72. The Balaban J connectivity index is 0.000000318. The van der Waals surface area contributed by atoms with Crippen molar-refractivity contribution in [2.75, 3.05) is 32.8 Å². The van der Waals surface area contributed by atoms with Crippen LogP contribution in [-0.4, -0.2) is 71.8 Å². The molecule has 1 N–H and O–H groups in total. The number of nitrogens with zero attached hydrogens (tertiary/aromatic N) is 2. The third kappa shape index (κ3) is 5.85. The fourth-order valence-corrected chi connectivity index (χ4v) is 4.00. The average molecular weight is 430 g/mol. The number of aliphatic carboxylic acids is 1. The largest absolute Gasteiger partial charge is 0.490 e. The molecule has 1 aliphatic carbocycles. The molecule has 4 rings (SSSR count). The summed E-state index contributed by atoms with van der Waals surface area (Å²) >= 11 is 0. The van der Waals surface area contributed by atoms with Crippen LogP contribution in [0.2, 0.25) is 0 Å². The summed E-state index contributed by atoms with van der Waals surface area (Å²) in [7, 11) is 0. The molecule has 0 bridgehead atoms. The van der Waals surface area contributed by atoms with E-state index in [4.69, 9.17) is 19.1 Å². The predicted octanol–water partition coefficient (Wildman–Crippen LogP) is 2.54. The number of rotatable bonds is 3. The Bertz CT molecular complexity index is 742. The minimum Gasteiger partial charge on any atom is -0.475 e. The molecule has 0 unspecified atom stereocenters. The van der Waals surface area contributed by atoms with E-state index in [1.54, 1.807) is 12.5 Å². The third-order valence-corrected chi connectivity index (χ3v) is 5.51. The zero-order valence-electron chi connectivity index (χ0n) is 16.4. The van der Waals surface area contributed by atoms with Crippen molar-refractivity contribution in [2.45, 2.75) is 31.7 Å². The monoisotopic (exact) mass is 430 g/mol. The molecule has 2 fully saturated rings. The molecule has 2 atom stereocenters. The molecule has 7 nitrogen and oxygen atoms in total. The number of likely N-dealkylation sites (tertiary alicyclic amines) is 1. The number of carbonyl (C=O) groups excluding carboxylic acids is 1. The van der Waals surface area contributed by atoms with Crippen LogP contribution in [0.15, 0.2) is 35.2 Å². The molecule has 166 valence electrons. The number of alkyl halides is 3. The van der Waals surface area contributed by atoms with Crippen LogP contribution < -0.4 is 0 Å². The minimum atomic E-state index is -5.08. The number of halogens is 3. The summed E-state index contributed by atoms with van der Waals surface area (Å²) < 4.78 is 42.9. The second-order valence-corrected chi connectivity index (χ2v) is 7.72. The predicted molar refractivity (Wildman–Crippen MR) is 99.3 cm³/mol. The summed E-state index contributed by atoms with van der Waals surface area (Å²) in [5.74, 6) is -1.86. The van der Waals surface area contributed by atoms with E-state index >= 15 is 0 Å². The van der Waals surface area contributed by atoms with Gasteiger partial charge in [0.15, 0.2) is 0 Å². The van der Waals surface area contributed by atoms with Gasteiger partial charge in [-0.05, 0) is 18.9 Å². The maximum atomic E-state index is 12.6. The number of hydrogen-bond acceptors (Lipinski definition) is 5. The van der Waals surface area contributed by atoms with E-state index < -0.39 is 12.1 Å². The summed E-state index contributed by atoms with van der Waals surface area (Å²) in [5, 5.41) is 7.12. The van der Waals surface area contributed by atoms with E-state index in [9.17, 15) is 18.0 Å². The van der Waals surface area contributed by atoms with Crippen molar-refractivity contribution in [3.05, 3.63) is 36.3 Å². The first-order valence-electron chi connectivity index (χ1n) is 9.83. The molecule has 30 heavy (non-hydrogen) atoms. The molecular weight excluding hydrogens is 405 g/mol. The van der Waals surface area contributed by atoms with Gasteiger partial charge < -0.3 is 19.2 Å². The van der Waals surface area contributed by atoms with E-state index in [2.05, 4.69) is 17.1 Å². The van der Waals surface area contributed by atoms with Crippen molar-refractivity contribution >= 4 is 11.9 Å². The molecule has 0 aromatic carbocycles. The zero-order valence-corrected chi connectivity index (χ0v) is 16.4. The molecule has 1 aromatic heterocycles. The number of hydrogen-bond donors (Lipinski definition) is 1. The highest BCUT2D eigenvalue weighted by Crippen LogP contribution is 2.28. The number of fused-ring (bicyclic) bond motifs is 1. The van der Waals surface area contributed by atoms with E-state index in [0.29, 0.717) is 11.8 Å². The van der Waals surface area contributed by atoms with Crippen LogP contribution in [-0.2, 0) is 20.9 Å². The van der Waals surface area contributed by atoms with Gasteiger partial charge in [0.1, 0.15) is 0 Å². The van der Waals surface area contributed by atoms with Gasteiger partial charge in [-0.3, -0.25) is 9.69 Å². The molecule has 1 aromatic rings. The summed E-state index contributed by atoms with van der Waals surface area (Å²) in [6, 6.07) is 2.01. The molecular formula is C20H25F3N2O5. The van der Waals surface area contributed by atoms with Crippen LogP contribution in [0.25, 0.3) is 0 Å². The van der Waals surface area contributed by atoms with Crippen molar-refractivity contribution in [3.8, 4) is 0 Å². The number of furan rings is 1. The fraction of sp³-hybridized carbons (Fsp3) is 0.600. The molecule has 0 radical (unpaired) electrons. The molecule has 2 saturated heterocycles. The summed E-state index contributed by atoms with van der Waals surface area (Å²) in [6.45, 7) is 5.16. The van der Waals surface area contributed by atoms with Crippen LogP contribution in [0.4, 0.5) is 13.2 Å². The van der Waals surface area contributed by atoms with E-state index in [0.717, 1.165) is 52.2 Å². The Hall–Kier alpha value is -2.33. The molecule has 0 saturated carbocycles. The van der Waals surface area contributed by atoms with Gasteiger partial charge in [-0.2, -0.15) is 13.2 Å². The van der Waals surface area contributed by atoms with Gasteiger partial charge in [0.2, 0.25) is 5.91 Å². The van der Waals surface area contributed by atoms with Gasteiger partial charge in [-0.15, -0.1) is 0 Å². The highest BCUT2D eigenvalue weighted by atomic mass is 19.4. The third-order valence-electron chi connectivity index (χ3n) is 5.51. The first-order valence-corrected chi connectivity index (χ1v) is 9.83. The van der Waals surface area contributed by atoms with Crippen molar-refractivity contribution in [2.24, 2.45) is 11.8 Å². The molecule has 3 heterocycles. The van der Waals surface area contributed by atoms with Crippen LogP contribution >= 0.6 is 0 Å². The topological polar surface area (TPSA) is 83.2 Å². The highest BCUT2D eigenvalue weighted by Gasteiger charge is 2.40. The number of amides is 1. The summed E-state index contributed by atoms with van der Waals surface area (Å²) in [6.07, 6.45) is 4.69. The first-order chi connectivity index (χ1) is 14.2. The van der Waals surface area contributed by atoms with Crippen LogP contribution in [0.3, 0.4) is 0 Å². The van der Waals surface area contributed by atoms with E-state index in [1.165, 1.54) is 5.56 Å². The van der Waals surface area contributed by atoms with Crippen molar-refractivity contribution < 1.29 is 37.0 Å². The van der Waals surface area contributed by atoms with Gasteiger partial charge in [-0.1, -0.05) is 12.2 Å². The molecule has 2 aliphatic heterocycles. The normalized spacial score (nSPS) is 24.8. The number of carbonyl (C=O) groups is 2. The lowest BCUT2D eigenvalue weighted by atomic mass is 10.1. The standard InChI is InChI=1S/C18H24N2O3.C2HF3O2/c21-18(15-3-1-2-4-15)20-11-16-10-19(6-8-23-17(16)12-20)9-14-5-7-22-13-14;3-2(4,5)1(6)7/h1-2,5,7,13,15-17H,3-4,6,8-12H2;(H,6,7)/t16-,17+;/m0./s1. The maximum absolute atomic E-state index is 12.6. The fourth-order valence-electron chi connectivity index (χ4n) is 4.00. The van der Waals surface area contributed by atoms with E-state index in [-0.39, 0.29) is 12.0 Å². The van der Waals surface area contributed by atoms with Crippen LogP contribution in [0.1, 0.15) is 18.4 Å². The Labute approximate surface area is 172 Å². The van der Waals surface area contributed by atoms with Crippen molar-refractivity contribution in [1.29, 1.82) is 0 Å². The maximum Gasteiger partial charge on any atom is 0.490 e. The molecule has 3 aliphatic rings. The molecule has 10 heteroatoms. The van der Waals surface area contributed by atoms with Crippen LogP contribution in [0.5, 0.6) is 0 Å². The van der Waals surface area contributed by atoms with Crippen LogP contribution in [0, 0.1) is 11.8 Å². The molecule has 0 spiro atoms. The number of carboxylic acid groups (broad SMARTS) is 1. The minimum absolute atomic E-state index is 0.166. The summed E-state index contributed by atoms with van der Waals surface area (Å²) in [4.78, 5) is 26.0.